The van der Waals surface area contributed by atoms with Gasteiger partial charge in [0, 0.05) is 24.4 Å². The number of Topliss-reactive ketones (excluding diaryl/α,β-unsaturated/α-hetero) is 1. The van der Waals surface area contributed by atoms with E-state index in [0.717, 1.165) is 11.1 Å². The highest BCUT2D eigenvalue weighted by molar-refractivity contribution is 6.00. The molecule has 0 unspecified atom stereocenters. The Hall–Kier alpha value is -2.80. The van der Waals surface area contributed by atoms with Crippen LogP contribution in [0.3, 0.4) is 0 Å². The molecule has 1 aromatic carbocycles. The van der Waals surface area contributed by atoms with Crippen molar-refractivity contribution in [3.8, 4) is 6.01 Å². The zero-order valence-electron chi connectivity index (χ0n) is 14.2. The number of ether oxygens (including phenoxy) is 2. The molecule has 0 N–H and O–H groups in total. The van der Waals surface area contributed by atoms with E-state index in [1.54, 1.807) is 30.3 Å². The number of hydrogen-bond acceptors (Lipinski definition) is 6. The Morgan fingerprint density at radius 3 is 2.68 bits per heavy atom. The summed E-state index contributed by atoms with van der Waals surface area (Å²) in [7, 11) is 1.59. The summed E-state index contributed by atoms with van der Waals surface area (Å²) < 4.78 is 10.4. The van der Waals surface area contributed by atoms with Crippen molar-refractivity contribution in [2.24, 2.45) is 0 Å². The first-order valence-corrected chi connectivity index (χ1v) is 7.96. The number of rotatable bonds is 7. The number of nitrogens with zero attached hydrogens (tertiary/aromatic N) is 3. The van der Waals surface area contributed by atoms with Crippen LogP contribution in [0.2, 0.25) is 0 Å². The number of fused-ring (bicyclic) bond motifs is 1. The summed E-state index contributed by atoms with van der Waals surface area (Å²) >= 11 is 0. The molecule has 0 radical (unpaired) electrons. The van der Waals surface area contributed by atoms with Crippen molar-refractivity contribution in [1.82, 2.24) is 9.97 Å². The minimum Gasteiger partial charge on any atom is -0.461 e. The van der Waals surface area contributed by atoms with E-state index in [0.29, 0.717) is 31.1 Å². The molecular weight excluding hydrogens is 322 g/mol. The molecule has 1 aliphatic rings. The van der Waals surface area contributed by atoms with Gasteiger partial charge in [0.2, 0.25) is 5.91 Å². The van der Waals surface area contributed by atoms with Gasteiger partial charge in [-0.2, -0.15) is 4.98 Å². The van der Waals surface area contributed by atoms with Crippen LogP contribution in [0.4, 0.5) is 5.82 Å². The lowest BCUT2D eigenvalue weighted by molar-refractivity contribution is -0.117. The number of benzene rings is 1. The predicted molar refractivity (Wildman–Crippen MR) is 90.7 cm³/mol. The second-order valence-electron chi connectivity index (χ2n) is 5.75. The maximum Gasteiger partial charge on any atom is 0.318 e. The van der Waals surface area contributed by atoms with Crippen molar-refractivity contribution in [1.29, 1.82) is 0 Å². The second kappa shape index (κ2) is 7.40. The van der Waals surface area contributed by atoms with Crippen molar-refractivity contribution >= 4 is 17.5 Å². The fourth-order valence-electron chi connectivity index (χ4n) is 2.59. The molecule has 7 heteroatoms. The number of ketones is 1. The molecule has 3 rings (SSSR count). The van der Waals surface area contributed by atoms with Crippen LogP contribution in [0.5, 0.6) is 6.01 Å². The number of hydrogen-bond donors (Lipinski definition) is 0. The van der Waals surface area contributed by atoms with Crippen LogP contribution in [-0.4, -0.2) is 42.0 Å². The molecule has 2 heterocycles. The number of aromatic nitrogens is 2. The van der Waals surface area contributed by atoms with E-state index in [1.807, 2.05) is 12.1 Å². The fraction of sp³-hybridized carbons (Fsp3) is 0.333. The standard InChI is InChI=1S/C18H19N3O4/c1-12(22)14-5-3-13(4-6-14)11-21-16(23)9-15-10-19-18(20-17(15)21)25-8-7-24-2/h3-6,10H,7-9,11H2,1-2H3. The van der Waals surface area contributed by atoms with E-state index < -0.39 is 0 Å². The van der Waals surface area contributed by atoms with E-state index in [4.69, 9.17) is 9.47 Å². The number of methoxy groups -OCH3 is 1. The Kier molecular flexibility index (Phi) is 5.04. The summed E-state index contributed by atoms with van der Waals surface area (Å²) in [5, 5.41) is 0. The highest BCUT2D eigenvalue weighted by atomic mass is 16.5. The summed E-state index contributed by atoms with van der Waals surface area (Å²) in [4.78, 5) is 33.8. The zero-order valence-corrected chi connectivity index (χ0v) is 14.2. The normalized spacial score (nSPS) is 13.0. The molecule has 130 valence electrons. The van der Waals surface area contributed by atoms with E-state index in [1.165, 1.54) is 6.92 Å². The SMILES string of the molecule is COCCOc1ncc2c(n1)N(Cc1ccc(C(C)=O)cc1)C(=O)C2. The van der Waals surface area contributed by atoms with Gasteiger partial charge in [-0.1, -0.05) is 24.3 Å². The van der Waals surface area contributed by atoms with Gasteiger partial charge in [0.15, 0.2) is 5.78 Å². The fourth-order valence-corrected chi connectivity index (χ4v) is 2.59. The molecule has 7 nitrogen and oxygen atoms in total. The van der Waals surface area contributed by atoms with Crippen LogP contribution in [0.15, 0.2) is 30.5 Å². The van der Waals surface area contributed by atoms with Crippen molar-refractivity contribution in [3.63, 3.8) is 0 Å². The van der Waals surface area contributed by atoms with E-state index in [2.05, 4.69) is 9.97 Å². The van der Waals surface area contributed by atoms with Crippen LogP contribution < -0.4 is 9.64 Å². The molecule has 0 saturated heterocycles. The lowest BCUT2D eigenvalue weighted by Crippen LogP contribution is -2.26. The summed E-state index contributed by atoms with van der Waals surface area (Å²) in [6, 6.07) is 7.44. The molecule has 2 aromatic rings. The quantitative estimate of drug-likeness (QED) is 0.564. The van der Waals surface area contributed by atoms with Gasteiger partial charge in [-0.05, 0) is 12.5 Å². The van der Waals surface area contributed by atoms with Crippen LogP contribution in [-0.2, 0) is 22.5 Å². The van der Waals surface area contributed by atoms with Crippen LogP contribution in [0, 0.1) is 0 Å². The first kappa shape index (κ1) is 17.0. The smallest absolute Gasteiger partial charge is 0.318 e. The number of amides is 1. The third kappa shape index (κ3) is 3.83. The third-order valence-electron chi connectivity index (χ3n) is 3.94. The van der Waals surface area contributed by atoms with E-state index in [-0.39, 0.29) is 24.1 Å². The molecule has 1 aromatic heterocycles. The van der Waals surface area contributed by atoms with E-state index in [9.17, 15) is 9.59 Å². The first-order valence-electron chi connectivity index (χ1n) is 7.96. The van der Waals surface area contributed by atoms with Gasteiger partial charge < -0.3 is 9.47 Å². The van der Waals surface area contributed by atoms with Gasteiger partial charge in [0.25, 0.3) is 0 Å². The molecule has 0 aliphatic carbocycles. The van der Waals surface area contributed by atoms with Gasteiger partial charge in [0.1, 0.15) is 12.4 Å². The number of anilines is 1. The Morgan fingerprint density at radius 1 is 1.24 bits per heavy atom. The highest BCUT2D eigenvalue weighted by Gasteiger charge is 2.29. The molecule has 1 amide bonds. The monoisotopic (exact) mass is 341 g/mol. The van der Waals surface area contributed by atoms with Crippen molar-refractivity contribution < 1.29 is 19.1 Å². The summed E-state index contributed by atoms with van der Waals surface area (Å²) in [5.41, 5.74) is 2.35. The molecule has 0 fully saturated rings. The minimum atomic E-state index is -0.0333. The molecule has 0 atom stereocenters. The molecular formula is C18H19N3O4. The van der Waals surface area contributed by atoms with Crippen molar-refractivity contribution in [2.45, 2.75) is 19.9 Å². The summed E-state index contributed by atoms with van der Waals surface area (Å²) in [6.07, 6.45) is 1.90. The van der Waals surface area contributed by atoms with Crippen molar-refractivity contribution in [3.05, 3.63) is 47.2 Å². The third-order valence-corrected chi connectivity index (χ3v) is 3.94. The van der Waals surface area contributed by atoms with Crippen LogP contribution in [0.1, 0.15) is 28.4 Å². The van der Waals surface area contributed by atoms with E-state index >= 15 is 0 Å². The van der Waals surface area contributed by atoms with Gasteiger partial charge >= 0.3 is 6.01 Å². The Balaban J connectivity index is 1.77. The maximum atomic E-state index is 12.3. The average Bonchev–Trinajstić information content (AvgIpc) is 2.91. The predicted octanol–water partition coefficient (Wildman–Crippen LogP) is 1.79. The zero-order chi connectivity index (χ0) is 17.8. The largest absolute Gasteiger partial charge is 0.461 e. The van der Waals surface area contributed by atoms with Crippen LogP contribution >= 0.6 is 0 Å². The molecule has 0 spiro atoms. The minimum absolute atomic E-state index is 0.0136. The average molecular weight is 341 g/mol. The molecule has 1 aliphatic heterocycles. The second-order valence-corrected chi connectivity index (χ2v) is 5.75. The topological polar surface area (TPSA) is 81.6 Å². The van der Waals surface area contributed by atoms with Crippen molar-refractivity contribution in [2.75, 3.05) is 25.2 Å². The maximum absolute atomic E-state index is 12.3. The molecule has 0 saturated carbocycles. The Labute approximate surface area is 145 Å². The van der Waals surface area contributed by atoms with Gasteiger partial charge in [-0.3, -0.25) is 14.5 Å². The van der Waals surface area contributed by atoms with Gasteiger partial charge in [-0.15, -0.1) is 0 Å². The number of carbonyl (C=O) groups excluding carboxylic acids is 2. The summed E-state index contributed by atoms with van der Waals surface area (Å²) in [6.45, 7) is 2.69. The summed E-state index contributed by atoms with van der Waals surface area (Å²) in [5.74, 6) is 0.553. The van der Waals surface area contributed by atoms with Gasteiger partial charge in [0.05, 0.1) is 19.6 Å². The molecule has 0 bridgehead atoms. The number of carbonyl (C=O) groups is 2. The first-order chi connectivity index (χ1) is 12.1. The Morgan fingerprint density at radius 2 is 2.00 bits per heavy atom. The van der Waals surface area contributed by atoms with Crippen LogP contribution in [0.25, 0.3) is 0 Å². The van der Waals surface area contributed by atoms with Gasteiger partial charge in [-0.25, -0.2) is 4.98 Å². The lowest BCUT2D eigenvalue weighted by Gasteiger charge is -2.17. The highest BCUT2D eigenvalue weighted by Crippen LogP contribution is 2.29. The Bertz CT molecular complexity index is 789. The molecule has 25 heavy (non-hydrogen) atoms. The lowest BCUT2D eigenvalue weighted by atomic mass is 10.1.